The molecule has 0 atom stereocenters. The highest BCUT2D eigenvalue weighted by molar-refractivity contribution is 7.89. The Morgan fingerprint density at radius 3 is 2.40 bits per heavy atom. The summed E-state index contributed by atoms with van der Waals surface area (Å²) in [6.45, 7) is 0. The van der Waals surface area contributed by atoms with Gasteiger partial charge < -0.3 is 11.5 Å². The number of anilines is 1. The van der Waals surface area contributed by atoms with Gasteiger partial charge in [0, 0.05) is 17.5 Å². The summed E-state index contributed by atoms with van der Waals surface area (Å²) in [6, 6.07) is 4.33. The number of hydrogen-bond acceptors (Lipinski definition) is 4. The minimum atomic E-state index is -3.13. The van der Waals surface area contributed by atoms with Gasteiger partial charge in [0.25, 0.3) is 0 Å². The van der Waals surface area contributed by atoms with Crippen LogP contribution in [-0.4, -0.2) is 20.6 Å². The number of sulfone groups is 1. The first-order valence-corrected chi connectivity index (χ1v) is 6.21. The van der Waals surface area contributed by atoms with E-state index in [-0.39, 0.29) is 17.0 Å². The summed E-state index contributed by atoms with van der Waals surface area (Å²) in [5.74, 6) is -0.731. The van der Waals surface area contributed by atoms with Gasteiger partial charge in [-0.05, 0) is 17.7 Å². The SMILES string of the molecule is CS(=O)(=O)Cc1ccc(C(N)=O)cc1N. The van der Waals surface area contributed by atoms with Crippen LogP contribution in [0.1, 0.15) is 15.9 Å². The first-order valence-electron chi connectivity index (χ1n) is 4.15. The summed E-state index contributed by atoms with van der Waals surface area (Å²) in [6.07, 6.45) is 1.12. The number of nitrogens with two attached hydrogens (primary N) is 2. The van der Waals surface area contributed by atoms with Crippen LogP contribution in [0, 0.1) is 0 Å². The first kappa shape index (κ1) is 11.5. The molecule has 0 spiro atoms. The molecular formula is C9H12N2O3S. The Balaban J connectivity index is 3.09. The van der Waals surface area contributed by atoms with Crippen LogP contribution in [0.5, 0.6) is 0 Å². The standard InChI is InChI=1S/C9H12N2O3S/c1-15(13,14)5-7-3-2-6(9(11)12)4-8(7)10/h2-4H,5,10H2,1H3,(H2,11,12). The monoisotopic (exact) mass is 228 g/mol. The number of rotatable bonds is 3. The van der Waals surface area contributed by atoms with Gasteiger partial charge in [-0.3, -0.25) is 4.79 Å². The average molecular weight is 228 g/mol. The Labute approximate surface area is 88.0 Å². The van der Waals surface area contributed by atoms with Gasteiger partial charge in [0.2, 0.25) is 5.91 Å². The van der Waals surface area contributed by atoms with E-state index in [0.29, 0.717) is 5.56 Å². The second-order valence-electron chi connectivity index (χ2n) is 3.35. The van der Waals surface area contributed by atoms with Gasteiger partial charge in [-0.25, -0.2) is 8.42 Å². The van der Waals surface area contributed by atoms with Gasteiger partial charge in [0.1, 0.15) is 0 Å². The first-order chi connectivity index (χ1) is 6.79. The fourth-order valence-corrected chi connectivity index (χ4v) is 1.99. The molecule has 1 aromatic rings. The molecule has 0 aliphatic rings. The van der Waals surface area contributed by atoms with E-state index in [2.05, 4.69) is 0 Å². The van der Waals surface area contributed by atoms with Crippen molar-refractivity contribution in [3.63, 3.8) is 0 Å². The lowest BCUT2D eigenvalue weighted by atomic mass is 10.1. The number of carbonyl (C=O) groups excluding carboxylic acids is 1. The fraction of sp³-hybridized carbons (Fsp3) is 0.222. The van der Waals surface area contributed by atoms with E-state index in [0.717, 1.165) is 6.26 Å². The molecule has 0 radical (unpaired) electrons. The smallest absolute Gasteiger partial charge is 0.248 e. The van der Waals surface area contributed by atoms with Crippen LogP contribution in [0.3, 0.4) is 0 Å². The van der Waals surface area contributed by atoms with Gasteiger partial charge in [-0.2, -0.15) is 0 Å². The Bertz CT molecular complexity index is 494. The number of hydrogen-bond donors (Lipinski definition) is 2. The zero-order chi connectivity index (χ0) is 11.6. The molecule has 0 aliphatic heterocycles. The van der Waals surface area contributed by atoms with Crippen molar-refractivity contribution >= 4 is 21.4 Å². The highest BCUT2D eigenvalue weighted by atomic mass is 32.2. The Morgan fingerprint density at radius 1 is 1.40 bits per heavy atom. The third kappa shape index (κ3) is 3.25. The molecule has 82 valence electrons. The van der Waals surface area contributed by atoms with Gasteiger partial charge in [-0.1, -0.05) is 6.07 Å². The summed E-state index contributed by atoms with van der Waals surface area (Å²) in [7, 11) is -3.13. The summed E-state index contributed by atoms with van der Waals surface area (Å²) in [5.41, 5.74) is 11.6. The lowest BCUT2D eigenvalue weighted by Gasteiger charge is -2.05. The van der Waals surface area contributed by atoms with E-state index in [1.165, 1.54) is 18.2 Å². The van der Waals surface area contributed by atoms with E-state index < -0.39 is 15.7 Å². The largest absolute Gasteiger partial charge is 0.398 e. The second kappa shape index (κ2) is 3.90. The van der Waals surface area contributed by atoms with Crippen LogP contribution in [0.4, 0.5) is 5.69 Å². The molecule has 0 saturated carbocycles. The van der Waals surface area contributed by atoms with Crippen molar-refractivity contribution < 1.29 is 13.2 Å². The topological polar surface area (TPSA) is 103 Å². The van der Waals surface area contributed by atoms with Crippen LogP contribution < -0.4 is 11.5 Å². The summed E-state index contributed by atoms with van der Waals surface area (Å²) < 4.78 is 22.0. The van der Waals surface area contributed by atoms with Crippen molar-refractivity contribution in [3.8, 4) is 0 Å². The molecule has 0 fully saturated rings. The van der Waals surface area contributed by atoms with Crippen molar-refractivity contribution in [1.82, 2.24) is 0 Å². The van der Waals surface area contributed by atoms with Crippen LogP contribution in [0.25, 0.3) is 0 Å². The molecule has 4 N–H and O–H groups in total. The zero-order valence-electron chi connectivity index (χ0n) is 8.23. The van der Waals surface area contributed by atoms with E-state index in [9.17, 15) is 13.2 Å². The molecule has 0 aliphatic carbocycles. The molecule has 0 heterocycles. The van der Waals surface area contributed by atoms with Crippen molar-refractivity contribution in [3.05, 3.63) is 29.3 Å². The molecule has 15 heavy (non-hydrogen) atoms. The summed E-state index contributed by atoms with van der Waals surface area (Å²) in [5, 5.41) is 0. The Kier molecular flexibility index (Phi) is 2.99. The van der Waals surface area contributed by atoms with Gasteiger partial charge in [0.05, 0.1) is 5.75 Å². The maximum absolute atomic E-state index is 11.0. The van der Waals surface area contributed by atoms with Crippen molar-refractivity contribution in [2.24, 2.45) is 5.73 Å². The van der Waals surface area contributed by atoms with E-state index in [4.69, 9.17) is 11.5 Å². The lowest BCUT2D eigenvalue weighted by molar-refractivity contribution is 0.100. The molecule has 0 unspecified atom stereocenters. The molecule has 6 heteroatoms. The lowest BCUT2D eigenvalue weighted by Crippen LogP contribution is -2.12. The summed E-state index contributed by atoms with van der Waals surface area (Å²) in [4.78, 5) is 10.8. The number of primary amides is 1. The van der Waals surface area contributed by atoms with E-state index >= 15 is 0 Å². The van der Waals surface area contributed by atoms with Crippen molar-refractivity contribution in [2.45, 2.75) is 5.75 Å². The minimum absolute atomic E-state index is 0.141. The van der Waals surface area contributed by atoms with Crippen LogP contribution >= 0.6 is 0 Å². The van der Waals surface area contributed by atoms with Crippen LogP contribution in [-0.2, 0) is 15.6 Å². The zero-order valence-corrected chi connectivity index (χ0v) is 9.04. The molecule has 1 rings (SSSR count). The van der Waals surface area contributed by atoms with Crippen LogP contribution in [0.15, 0.2) is 18.2 Å². The minimum Gasteiger partial charge on any atom is -0.398 e. The average Bonchev–Trinajstić information content (AvgIpc) is 2.05. The number of benzene rings is 1. The second-order valence-corrected chi connectivity index (χ2v) is 5.49. The quantitative estimate of drug-likeness (QED) is 0.705. The predicted octanol–water partition coefficient (Wildman–Crippen LogP) is -0.0877. The molecule has 0 bridgehead atoms. The number of nitrogen functional groups attached to an aromatic ring is 1. The highest BCUT2D eigenvalue weighted by Crippen LogP contribution is 2.16. The fourth-order valence-electron chi connectivity index (χ4n) is 1.16. The number of carbonyl (C=O) groups is 1. The molecule has 0 saturated heterocycles. The molecule has 1 amide bonds. The predicted molar refractivity (Wildman–Crippen MR) is 57.9 cm³/mol. The van der Waals surface area contributed by atoms with Crippen molar-refractivity contribution in [2.75, 3.05) is 12.0 Å². The maximum Gasteiger partial charge on any atom is 0.248 e. The molecule has 1 aromatic carbocycles. The number of amides is 1. The maximum atomic E-state index is 11.0. The van der Waals surface area contributed by atoms with Gasteiger partial charge >= 0.3 is 0 Å². The van der Waals surface area contributed by atoms with Crippen molar-refractivity contribution in [1.29, 1.82) is 0 Å². The van der Waals surface area contributed by atoms with Gasteiger partial charge in [-0.15, -0.1) is 0 Å². The summed E-state index contributed by atoms with van der Waals surface area (Å²) >= 11 is 0. The Morgan fingerprint density at radius 2 is 2.00 bits per heavy atom. The van der Waals surface area contributed by atoms with Gasteiger partial charge in [0.15, 0.2) is 9.84 Å². The normalized spacial score (nSPS) is 11.3. The van der Waals surface area contributed by atoms with E-state index in [1.54, 1.807) is 0 Å². The molecule has 5 nitrogen and oxygen atoms in total. The molecular weight excluding hydrogens is 216 g/mol. The Hall–Kier alpha value is -1.56. The third-order valence-electron chi connectivity index (χ3n) is 1.85. The molecule has 0 aromatic heterocycles. The van der Waals surface area contributed by atoms with E-state index in [1.807, 2.05) is 0 Å². The van der Waals surface area contributed by atoms with Crippen LogP contribution in [0.2, 0.25) is 0 Å². The third-order valence-corrected chi connectivity index (χ3v) is 2.68. The highest BCUT2D eigenvalue weighted by Gasteiger charge is 2.09.